The number of hydrazone groups is 1. The second kappa shape index (κ2) is 11.5. The van der Waals surface area contributed by atoms with Crippen LogP contribution in [0.1, 0.15) is 21.5 Å². The molecule has 36 heavy (non-hydrogen) atoms. The summed E-state index contributed by atoms with van der Waals surface area (Å²) in [6.45, 7) is 0. The highest BCUT2D eigenvalue weighted by molar-refractivity contribution is 9.10. The van der Waals surface area contributed by atoms with Crippen LogP contribution < -0.4 is 10.7 Å². The van der Waals surface area contributed by atoms with Crippen molar-refractivity contribution in [3.8, 4) is 5.75 Å². The van der Waals surface area contributed by atoms with Gasteiger partial charge in [0.05, 0.1) is 20.5 Å². The lowest BCUT2D eigenvalue weighted by atomic mass is 10.1. The molecule has 0 aliphatic heterocycles. The molecule has 0 saturated heterocycles. The SMILES string of the molecule is O=C(NN=Cc1cc([N+](=O)[O-])cc(Br)c1O)C(=Cc1ccc([N+](=O)[O-])cc1)NC(=O)c1ccccc1. The predicted molar refractivity (Wildman–Crippen MR) is 133 cm³/mol. The Labute approximate surface area is 211 Å². The van der Waals surface area contributed by atoms with Gasteiger partial charge in [-0.25, -0.2) is 5.43 Å². The van der Waals surface area contributed by atoms with Crippen LogP contribution in [0.3, 0.4) is 0 Å². The molecule has 3 N–H and O–H groups in total. The highest BCUT2D eigenvalue weighted by Gasteiger charge is 2.16. The Morgan fingerprint density at radius 1 is 0.944 bits per heavy atom. The fraction of sp³-hybridized carbons (Fsp3) is 0. The summed E-state index contributed by atoms with van der Waals surface area (Å²) in [6.07, 6.45) is 2.28. The monoisotopic (exact) mass is 553 g/mol. The molecule has 3 aromatic rings. The molecule has 0 heterocycles. The number of phenolic OH excluding ortho intramolecular Hbond substituents is 1. The molecule has 2 amide bonds. The minimum absolute atomic E-state index is 0.0504. The zero-order chi connectivity index (χ0) is 26.2. The van der Waals surface area contributed by atoms with E-state index in [0.29, 0.717) is 5.56 Å². The first-order chi connectivity index (χ1) is 17.2. The van der Waals surface area contributed by atoms with Crippen LogP contribution in [-0.4, -0.2) is 33.0 Å². The van der Waals surface area contributed by atoms with Gasteiger partial charge in [0.25, 0.3) is 23.2 Å². The van der Waals surface area contributed by atoms with Gasteiger partial charge in [-0.05, 0) is 51.8 Å². The smallest absolute Gasteiger partial charge is 0.287 e. The second-order valence-electron chi connectivity index (χ2n) is 7.05. The summed E-state index contributed by atoms with van der Waals surface area (Å²) < 4.78 is 0.0540. The fourth-order valence-electron chi connectivity index (χ4n) is 2.83. The first-order valence-electron chi connectivity index (χ1n) is 9.98. The minimum atomic E-state index is -0.863. The Balaban J connectivity index is 1.87. The van der Waals surface area contributed by atoms with E-state index in [9.17, 15) is 34.9 Å². The van der Waals surface area contributed by atoms with Gasteiger partial charge in [-0.1, -0.05) is 18.2 Å². The number of nitrogens with one attached hydrogen (secondary N) is 2. The number of aromatic hydroxyl groups is 1. The molecule has 3 rings (SSSR count). The van der Waals surface area contributed by atoms with Crippen LogP contribution in [0.5, 0.6) is 5.75 Å². The van der Waals surface area contributed by atoms with Gasteiger partial charge in [0.2, 0.25) is 0 Å². The topological polar surface area (TPSA) is 177 Å². The summed E-state index contributed by atoms with van der Waals surface area (Å²) in [5.74, 6) is -1.79. The number of non-ortho nitro benzene ring substituents is 2. The van der Waals surface area contributed by atoms with Crippen molar-refractivity contribution < 1.29 is 24.5 Å². The van der Waals surface area contributed by atoms with E-state index < -0.39 is 21.7 Å². The lowest BCUT2D eigenvalue weighted by molar-refractivity contribution is -0.385. The van der Waals surface area contributed by atoms with Gasteiger partial charge in [-0.2, -0.15) is 5.10 Å². The van der Waals surface area contributed by atoms with E-state index in [1.165, 1.54) is 42.5 Å². The summed E-state index contributed by atoms with van der Waals surface area (Å²) in [6, 6.07) is 15.5. The standard InChI is InChI=1S/C23H16BrN5O7/c24-19-12-18(29(35)36)11-16(21(19)30)13-25-27-23(32)20(26-22(31)15-4-2-1-3-5-15)10-14-6-8-17(9-7-14)28(33)34/h1-13,30H,(H,26,31)(H,27,32). The van der Waals surface area contributed by atoms with Crippen LogP contribution in [-0.2, 0) is 4.79 Å². The number of halogens is 1. The zero-order valence-electron chi connectivity index (χ0n) is 18.1. The maximum absolute atomic E-state index is 12.8. The molecule has 13 heteroatoms. The number of amides is 2. The normalized spacial score (nSPS) is 11.2. The molecule has 0 bridgehead atoms. The van der Waals surface area contributed by atoms with E-state index in [1.807, 2.05) is 0 Å². The van der Waals surface area contributed by atoms with Gasteiger partial charge >= 0.3 is 0 Å². The quantitative estimate of drug-likeness (QED) is 0.164. The van der Waals surface area contributed by atoms with E-state index in [4.69, 9.17) is 0 Å². The number of phenols is 1. The van der Waals surface area contributed by atoms with Gasteiger partial charge in [0.15, 0.2) is 0 Å². The molecule has 0 aliphatic carbocycles. The van der Waals surface area contributed by atoms with E-state index >= 15 is 0 Å². The van der Waals surface area contributed by atoms with Crippen molar-refractivity contribution in [2.75, 3.05) is 0 Å². The van der Waals surface area contributed by atoms with Crippen LogP contribution in [0, 0.1) is 20.2 Å². The Morgan fingerprint density at radius 3 is 2.19 bits per heavy atom. The lowest BCUT2D eigenvalue weighted by Gasteiger charge is -2.09. The molecule has 0 unspecified atom stereocenters. The van der Waals surface area contributed by atoms with Crippen molar-refractivity contribution in [3.63, 3.8) is 0 Å². The number of hydrogen-bond donors (Lipinski definition) is 3. The molecule has 0 spiro atoms. The molecule has 12 nitrogen and oxygen atoms in total. The van der Waals surface area contributed by atoms with Crippen LogP contribution >= 0.6 is 15.9 Å². The first-order valence-corrected chi connectivity index (χ1v) is 10.8. The highest BCUT2D eigenvalue weighted by Crippen LogP contribution is 2.31. The van der Waals surface area contributed by atoms with Crippen LogP contribution in [0.2, 0.25) is 0 Å². The Hall–Kier alpha value is -4.91. The van der Waals surface area contributed by atoms with Gasteiger partial charge in [0, 0.05) is 35.4 Å². The predicted octanol–water partition coefficient (Wildman–Crippen LogP) is 3.89. The molecule has 0 fully saturated rings. The first kappa shape index (κ1) is 25.7. The lowest BCUT2D eigenvalue weighted by Crippen LogP contribution is -2.32. The maximum atomic E-state index is 12.8. The van der Waals surface area contributed by atoms with Gasteiger partial charge in [-0.15, -0.1) is 0 Å². The van der Waals surface area contributed by atoms with Crippen LogP contribution in [0.15, 0.2) is 82.0 Å². The number of rotatable bonds is 8. The summed E-state index contributed by atoms with van der Waals surface area (Å²) in [7, 11) is 0. The summed E-state index contributed by atoms with van der Waals surface area (Å²) in [5, 5.41) is 38.2. The molecule has 0 radical (unpaired) electrons. The van der Waals surface area contributed by atoms with Crippen molar-refractivity contribution in [1.82, 2.24) is 10.7 Å². The number of nitrogens with zero attached hydrogens (tertiary/aromatic N) is 3. The van der Waals surface area contributed by atoms with Crippen molar-refractivity contribution in [3.05, 3.63) is 114 Å². The number of carbonyl (C=O) groups excluding carboxylic acids is 2. The van der Waals surface area contributed by atoms with Crippen LogP contribution in [0.25, 0.3) is 6.08 Å². The number of nitro benzene ring substituents is 2. The van der Waals surface area contributed by atoms with Gasteiger partial charge in [0.1, 0.15) is 11.4 Å². The van der Waals surface area contributed by atoms with E-state index in [-0.39, 0.29) is 38.4 Å². The fourth-order valence-corrected chi connectivity index (χ4v) is 3.29. The minimum Gasteiger partial charge on any atom is -0.506 e. The Morgan fingerprint density at radius 2 is 1.58 bits per heavy atom. The number of benzene rings is 3. The van der Waals surface area contributed by atoms with Crippen molar-refractivity contribution in [2.24, 2.45) is 5.10 Å². The van der Waals surface area contributed by atoms with Gasteiger partial charge < -0.3 is 10.4 Å². The van der Waals surface area contributed by atoms with E-state index in [0.717, 1.165) is 18.3 Å². The third-order valence-electron chi connectivity index (χ3n) is 4.60. The maximum Gasteiger partial charge on any atom is 0.287 e. The third kappa shape index (κ3) is 6.57. The van der Waals surface area contributed by atoms with E-state index in [2.05, 4.69) is 31.8 Å². The van der Waals surface area contributed by atoms with E-state index in [1.54, 1.807) is 18.2 Å². The molecule has 0 aromatic heterocycles. The van der Waals surface area contributed by atoms with Gasteiger partial charge in [-0.3, -0.25) is 29.8 Å². The number of hydrogen-bond acceptors (Lipinski definition) is 8. The largest absolute Gasteiger partial charge is 0.506 e. The second-order valence-corrected chi connectivity index (χ2v) is 7.90. The molecular formula is C23H16BrN5O7. The molecule has 0 saturated carbocycles. The van der Waals surface area contributed by atoms with Crippen molar-refractivity contribution >= 4 is 51.4 Å². The number of carbonyl (C=O) groups is 2. The summed E-state index contributed by atoms with van der Waals surface area (Å²) in [4.78, 5) is 46.1. The molecule has 182 valence electrons. The summed E-state index contributed by atoms with van der Waals surface area (Å²) >= 11 is 3.01. The average Bonchev–Trinajstić information content (AvgIpc) is 2.86. The molecule has 3 aromatic carbocycles. The molecule has 0 atom stereocenters. The van der Waals surface area contributed by atoms with Crippen LogP contribution in [0.4, 0.5) is 11.4 Å². The Bertz CT molecular complexity index is 1390. The molecular weight excluding hydrogens is 538 g/mol. The average molecular weight is 554 g/mol. The van der Waals surface area contributed by atoms with Crippen molar-refractivity contribution in [2.45, 2.75) is 0 Å². The highest BCUT2D eigenvalue weighted by atomic mass is 79.9. The third-order valence-corrected chi connectivity index (χ3v) is 5.21. The number of nitro groups is 2. The summed E-state index contributed by atoms with van der Waals surface area (Å²) in [5.41, 5.74) is 2.07. The van der Waals surface area contributed by atoms with Crippen molar-refractivity contribution in [1.29, 1.82) is 0 Å². The Kier molecular flexibility index (Phi) is 8.20. The zero-order valence-corrected chi connectivity index (χ0v) is 19.7. The molecule has 0 aliphatic rings.